The smallest absolute Gasteiger partial charge is 0.226 e. The maximum Gasteiger partial charge on any atom is 0.226 e. The molecule has 4 saturated carbocycles. The van der Waals surface area contributed by atoms with Crippen LogP contribution >= 0.6 is 0 Å². The molecule has 0 aromatic carbocycles. The Morgan fingerprint density at radius 2 is 1.72 bits per heavy atom. The van der Waals surface area contributed by atoms with Gasteiger partial charge in [-0.3, -0.25) is 0 Å². The predicted molar refractivity (Wildman–Crippen MR) is 70.1 cm³/mol. The average Bonchev–Trinajstić information content (AvgIpc) is 2.69. The van der Waals surface area contributed by atoms with E-state index in [1.807, 2.05) is 0 Å². The number of rotatable bonds is 2. The summed E-state index contributed by atoms with van der Waals surface area (Å²) in [6.07, 6.45) is 9.33. The Morgan fingerprint density at radius 3 is 2.22 bits per heavy atom. The molecule has 1 aromatic rings. The molecule has 0 saturated heterocycles. The number of anilines is 1. The van der Waals surface area contributed by atoms with Crippen LogP contribution in [-0.4, -0.2) is 5.16 Å². The van der Waals surface area contributed by atoms with Crippen molar-refractivity contribution in [3.05, 3.63) is 11.3 Å². The molecule has 0 radical (unpaired) electrons. The van der Waals surface area contributed by atoms with Gasteiger partial charge in [-0.2, -0.15) is 0 Å². The van der Waals surface area contributed by atoms with E-state index in [-0.39, 0.29) is 0 Å². The summed E-state index contributed by atoms with van der Waals surface area (Å²) < 4.78 is 5.30. The zero-order valence-electron chi connectivity index (χ0n) is 11.1. The fourth-order valence-corrected chi connectivity index (χ4v) is 5.56. The lowest BCUT2D eigenvalue weighted by Gasteiger charge is -2.56. The Labute approximate surface area is 108 Å². The van der Waals surface area contributed by atoms with Gasteiger partial charge in [0.2, 0.25) is 5.88 Å². The second-order valence-corrected chi connectivity index (χ2v) is 6.92. The maximum atomic E-state index is 6.11. The Morgan fingerprint density at radius 1 is 1.17 bits per heavy atom. The minimum absolute atomic E-state index is 0.324. The van der Waals surface area contributed by atoms with Crippen molar-refractivity contribution < 1.29 is 4.52 Å². The van der Waals surface area contributed by atoms with E-state index in [4.69, 9.17) is 10.3 Å². The Balaban J connectivity index is 1.81. The monoisotopic (exact) mass is 246 g/mol. The van der Waals surface area contributed by atoms with Crippen LogP contribution < -0.4 is 5.73 Å². The summed E-state index contributed by atoms with van der Waals surface area (Å²) in [4.78, 5) is 0. The fraction of sp³-hybridized carbons (Fsp3) is 0.800. The fourth-order valence-electron chi connectivity index (χ4n) is 5.56. The maximum absolute atomic E-state index is 6.11. The molecule has 0 amide bonds. The van der Waals surface area contributed by atoms with Gasteiger partial charge in [0, 0.05) is 11.0 Å². The lowest BCUT2D eigenvalue weighted by atomic mass is 9.48. The number of hydrogen-bond acceptors (Lipinski definition) is 3. The summed E-state index contributed by atoms with van der Waals surface area (Å²) in [5.41, 5.74) is 8.85. The third kappa shape index (κ3) is 1.33. The lowest BCUT2D eigenvalue weighted by molar-refractivity contribution is -0.00533. The van der Waals surface area contributed by atoms with Gasteiger partial charge >= 0.3 is 0 Å². The molecule has 18 heavy (non-hydrogen) atoms. The van der Waals surface area contributed by atoms with Crippen LogP contribution in [0.3, 0.4) is 0 Å². The molecule has 1 aromatic heterocycles. The van der Waals surface area contributed by atoms with Crippen molar-refractivity contribution >= 4 is 5.88 Å². The molecule has 1 heterocycles. The van der Waals surface area contributed by atoms with Gasteiger partial charge in [0.1, 0.15) is 0 Å². The molecule has 4 bridgehead atoms. The van der Waals surface area contributed by atoms with E-state index < -0.39 is 0 Å². The minimum atomic E-state index is 0.324. The molecule has 4 fully saturated rings. The Bertz CT molecular complexity index is 442. The highest BCUT2D eigenvalue weighted by molar-refractivity contribution is 5.46. The summed E-state index contributed by atoms with van der Waals surface area (Å²) in [6, 6.07) is 0. The minimum Gasteiger partial charge on any atom is -0.367 e. The molecular weight excluding hydrogens is 224 g/mol. The molecule has 5 rings (SSSR count). The van der Waals surface area contributed by atoms with Crippen LogP contribution in [0.15, 0.2) is 4.52 Å². The molecule has 98 valence electrons. The quantitative estimate of drug-likeness (QED) is 0.871. The molecule has 3 heteroatoms. The summed E-state index contributed by atoms with van der Waals surface area (Å²) in [5, 5.41) is 4.19. The van der Waals surface area contributed by atoms with E-state index in [0.29, 0.717) is 11.3 Å². The first-order chi connectivity index (χ1) is 8.70. The summed E-state index contributed by atoms with van der Waals surface area (Å²) in [6.45, 7) is 2.15. The van der Waals surface area contributed by atoms with Gasteiger partial charge in [0.25, 0.3) is 0 Å². The van der Waals surface area contributed by atoms with Gasteiger partial charge in [-0.15, -0.1) is 0 Å². The number of nitrogens with two attached hydrogens (primary N) is 1. The SMILES string of the molecule is CCc1noc(N)c1C12CC3CC(CC(C3)C1)C2. The van der Waals surface area contributed by atoms with E-state index >= 15 is 0 Å². The second kappa shape index (κ2) is 3.52. The predicted octanol–water partition coefficient (Wildman–Crippen LogP) is 3.29. The van der Waals surface area contributed by atoms with Gasteiger partial charge in [-0.25, -0.2) is 0 Å². The van der Waals surface area contributed by atoms with E-state index in [2.05, 4.69) is 12.1 Å². The number of nitrogens with zero attached hydrogens (tertiary/aromatic N) is 1. The highest BCUT2D eigenvalue weighted by Crippen LogP contribution is 2.61. The van der Waals surface area contributed by atoms with Crippen molar-refractivity contribution in [2.45, 2.75) is 57.3 Å². The van der Waals surface area contributed by atoms with Crippen LogP contribution in [-0.2, 0) is 11.8 Å². The number of nitrogen functional groups attached to an aromatic ring is 1. The van der Waals surface area contributed by atoms with Crippen LogP contribution in [0.4, 0.5) is 5.88 Å². The highest BCUT2D eigenvalue weighted by atomic mass is 16.5. The number of aryl methyl sites for hydroxylation is 1. The number of aromatic nitrogens is 1. The van der Waals surface area contributed by atoms with E-state index in [0.717, 1.165) is 29.9 Å². The lowest BCUT2D eigenvalue weighted by Crippen LogP contribution is -2.49. The molecule has 0 spiro atoms. The van der Waals surface area contributed by atoms with Crippen LogP contribution in [0, 0.1) is 17.8 Å². The van der Waals surface area contributed by atoms with Gasteiger partial charge in [0.05, 0.1) is 5.69 Å². The van der Waals surface area contributed by atoms with Crippen molar-refractivity contribution in [1.29, 1.82) is 0 Å². The first-order valence-electron chi connectivity index (χ1n) is 7.44. The summed E-state index contributed by atoms with van der Waals surface area (Å²) >= 11 is 0. The van der Waals surface area contributed by atoms with Crippen LogP contribution in [0.2, 0.25) is 0 Å². The van der Waals surface area contributed by atoms with Gasteiger partial charge in [-0.1, -0.05) is 12.1 Å². The molecular formula is C15H22N2O. The van der Waals surface area contributed by atoms with E-state index in [9.17, 15) is 0 Å². The zero-order chi connectivity index (χ0) is 12.3. The first kappa shape index (κ1) is 10.9. The third-order valence-electron chi connectivity index (χ3n) is 5.69. The Kier molecular flexibility index (Phi) is 2.13. The second-order valence-electron chi connectivity index (χ2n) is 6.92. The largest absolute Gasteiger partial charge is 0.367 e. The van der Waals surface area contributed by atoms with Crippen molar-refractivity contribution in [3.8, 4) is 0 Å². The van der Waals surface area contributed by atoms with Crippen LogP contribution in [0.1, 0.15) is 56.7 Å². The summed E-state index contributed by atoms with van der Waals surface area (Å²) in [7, 11) is 0. The van der Waals surface area contributed by atoms with Crippen molar-refractivity contribution in [3.63, 3.8) is 0 Å². The standard InChI is InChI=1S/C15H22N2O/c1-2-12-13(14(16)18-17-12)15-6-9-3-10(7-15)5-11(4-9)8-15/h9-11H,2-8,16H2,1H3. The molecule has 4 aliphatic rings. The average molecular weight is 246 g/mol. The third-order valence-corrected chi connectivity index (χ3v) is 5.69. The summed E-state index contributed by atoms with van der Waals surface area (Å²) in [5.74, 6) is 3.43. The number of hydrogen-bond donors (Lipinski definition) is 1. The van der Waals surface area contributed by atoms with Gasteiger partial charge < -0.3 is 10.3 Å². The highest BCUT2D eigenvalue weighted by Gasteiger charge is 2.53. The van der Waals surface area contributed by atoms with Gasteiger partial charge in [0.15, 0.2) is 0 Å². The zero-order valence-corrected chi connectivity index (χ0v) is 11.1. The van der Waals surface area contributed by atoms with Crippen molar-refractivity contribution in [2.75, 3.05) is 5.73 Å². The van der Waals surface area contributed by atoms with Gasteiger partial charge in [-0.05, 0) is 62.7 Å². The van der Waals surface area contributed by atoms with Crippen molar-refractivity contribution in [1.82, 2.24) is 5.16 Å². The normalized spacial score (nSPS) is 41.5. The topological polar surface area (TPSA) is 52.0 Å². The molecule has 0 atom stereocenters. The molecule has 2 N–H and O–H groups in total. The molecule has 0 unspecified atom stereocenters. The van der Waals surface area contributed by atoms with E-state index in [1.165, 1.54) is 44.1 Å². The Hall–Kier alpha value is -0.990. The molecule has 3 nitrogen and oxygen atoms in total. The van der Waals surface area contributed by atoms with E-state index in [1.54, 1.807) is 0 Å². The van der Waals surface area contributed by atoms with Crippen LogP contribution in [0.25, 0.3) is 0 Å². The van der Waals surface area contributed by atoms with Crippen molar-refractivity contribution in [2.24, 2.45) is 17.8 Å². The molecule has 4 aliphatic carbocycles. The van der Waals surface area contributed by atoms with Crippen LogP contribution in [0.5, 0.6) is 0 Å². The molecule has 0 aliphatic heterocycles. The first-order valence-corrected chi connectivity index (χ1v) is 7.44.